The predicted octanol–water partition coefficient (Wildman–Crippen LogP) is 3.68. The third-order valence-corrected chi connectivity index (χ3v) is 6.12. The second-order valence-electron chi connectivity index (χ2n) is 8.11. The molecule has 1 N–H and O–H groups in total. The quantitative estimate of drug-likeness (QED) is 0.842. The van der Waals surface area contributed by atoms with Crippen LogP contribution in [-0.4, -0.2) is 50.2 Å². The Balaban J connectivity index is 1.26. The van der Waals surface area contributed by atoms with Crippen LogP contribution in [0.1, 0.15) is 24.0 Å². The standard InChI is InChI=1S/C24H31N3O2/c1-19-4-2-3-5-21(19)18-26-12-10-20(11-13-26)24(28)25-22-6-8-23(9-7-22)27-14-16-29-17-15-27/h2-9,20H,10-18H2,1H3,(H,25,28). The van der Waals surface area contributed by atoms with Crippen LogP contribution in [0.5, 0.6) is 0 Å². The molecular formula is C24H31N3O2. The van der Waals surface area contributed by atoms with Crippen molar-refractivity contribution in [1.82, 2.24) is 4.90 Å². The minimum Gasteiger partial charge on any atom is -0.378 e. The topological polar surface area (TPSA) is 44.8 Å². The molecular weight excluding hydrogens is 362 g/mol. The van der Waals surface area contributed by atoms with Gasteiger partial charge in [0.05, 0.1) is 13.2 Å². The first-order valence-electron chi connectivity index (χ1n) is 10.7. The van der Waals surface area contributed by atoms with Crippen LogP contribution in [0.4, 0.5) is 11.4 Å². The number of aryl methyl sites for hydroxylation is 1. The Labute approximate surface area is 173 Å². The molecule has 2 aliphatic heterocycles. The Bertz CT molecular complexity index is 807. The summed E-state index contributed by atoms with van der Waals surface area (Å²) in [5, 5.41) is 3.11. The second kappa shape index (κ2) is 9.42. The maximum atomic E-state index is 12.7. The zero-order valence-corrected chi connectivity index (χ0v) is 17.3. The molecule has 2 aliphatic rings. The average molecular weight is 394 g/mol. The van der Waals surface area contributed by atoms with Gasteiger partial charge in [-0.25, -0.2) is 0 Å². The van der Waals surface area contributed by atoms with Gasteiger partial charge in [0.2, 0.25) is 5.91 Å². The fourth-order valence-corrected chi connectivity index (χ4v) is 4.20. The summed E-state index contributed by atoms with van der Waals surface area (Å²) in [5.41, 5.74) is 4.80. The van der Waals surface area contributed by atoms with E-state index < -0.39 is 0 Å². The number of hydrogen-bond donors (Lipinski definition) is 1. The molecule has 0 radical (unpaired) electrons. The van der Waals surface area contributed by atoms with Gasteiger partial charge >= 0.3 is 0 Å². The first-order valence-corrected chi connectivity index (χ1v) is 10.7. The predicted molar refractivity (Wildman–Crippen MR) is 117 cm³/mol. The van der Waals surface area contributed by atoms with Crippen molar-refractivity contribution in [3.8, 4) is 0 Å². The Morgan fingerprint density at radius 3 is 2.38 bits per heavy atom. The summed E-state index contributed by atoms with van der Waals surface area (Å²) in [6, 6.07) is 16.8. The van der Waals surface area contributed by atoms with E-state index in [-0.39, 0.29) is 11.8 Å². The maximum Gasteiger partial charge on any atom is 0.227 e. The number of piperidine rings is 1. The highest BCUT2D eigenvalue weighted by Crippen LogP contribution is 2.23. The van der Waals surface area contributed by atoms with Crippen LogP contribution in [0.15, 0.2) is 48.5 Å². The lowest BCUT2D eigenvalue weighted by Gasteiger charge is -2.31. The summed E-state index contributed by atoms with van der Waals surface area (Å²) in [4.78, 5) is 17.5. The van der Waals surface area contributed by atoms with Crippen molar-refractivity contribution in [2.24, 2.45) is 5.92 Å². The number of anilines is 2. The molecule has 2 fully saturated rings. The van der Waals surface area contributed by atoms with E-state index >= 15 is 0 Å². The van der Waals surface area contributed by atoms with Gasteiger partial charge in [-0.05, 0) is 68.2 Å². The van der Waals surface area contributed by atoms with Crippen LogP contribution in [-0.2, 0) is 16.1 Å². The number of hydrogen-bond acceptors (Lipinski definition) is 4. The minimum atomic E-state index is 0.0991. The number of morpholine rings is 1. The molecule has 5 heteroatoms. The van der Waals surface area contributed by atoms with Gasteiger partial charge in [0.25, 0.3) is 0 Å². The van der Waals surface area contributed by atoms with E-state index in [1.54, 1.807) is 0 Å². The van der Waals surface area contributed by atoms with E-state index in [1.807, 2.05) is 12.1 Å². The van der Waals surface area contributed by atoms with E-state index in [9.17, 15) is 4.79 Å². The lowest BCUT2D eigenvalue weighted by molar-refractivity contribution is -0.121. The largest absolute Gasteiger partial charge is 0.378 e. The molecule has 154 valence electrons. The SMILES string of the molecule is Cc1ccccc1CN1CCC(C(=O)Nc2ccc(N3CCOCC3)cc2)CC1. The Morgan fingerprint density at radius 2 is 1.69 bits per heavy atom. The van der Waals surface area contributed by atoms with Crippen LogP contribution in [0.3, 0.4) is 0 Å². The molecule has 0 atom stereocenters. The molecule has 0 spiro atoms. The molecule has 2 aromatic rings. The average Bonchev–Trinajstić information content (AvgIpc) is 2.77. The number of ether oxygens (including phenoxy) is 1. The summed E-state index contributed by atoms with van der Waals surface area (Å²) in [6.07, 6.45) is 1.84. The molecule has 2 saturated heterocycles. The van der Waals surface area contributed by atoms with Crippen molar-refractivity contribution < 1.29 is 9.53 Å². The Morgan fingerprint density at radius 1 is 1.00 bits per heavy atom. The minimum absolute atomic E-state index is 0.0991. The van der Waals surface area contributed by atoms with E-state index in [2.05, 4.69) is 58.4 Å². The fraction of sp³-hybridized carbons (Fsp3) is 0.458. The van der Waals surface area contributed by atoms with Gasteiger partial charge in [0, 0.05) is 36.9 Å². The molecule has 0 aliphatic carbocycles. The first kappa shape index (κ1) is 19.9. The molecule has 5 nitrogen and oxygen atoms in total. The number of rotatable bonds is 5. The van der Waals surface area contributed by atoms with E-state index in [1.165, 1.54) is 16.8 Å². The van der Waals surface area contributed by atoms with Crippen molar-refractivity contribution in [2.45, 2.75) is 26.3 Å². The van der Waals surface area contributed by atoms with Crippen LogP contribution < -0.4 is 10.2 Å². The number of amides is 1. The number of benzene rings is 2. The van der Waals surface area contributed by atoms with Crippen LogP contribution in [0.25, 0.3) is 0 Å². The van der Waals surface area contributed by atoms with Crippen molar-refractivity contribution in [3.63, 3.8) is 0 Å². The molecule has 0 bridgehead atoms. The van der Waals surface area contributed by atoms with Crippen LogP contribution in [0.2, 0.25) is 0 Å². The van der Waals surface area contributed by atoms with Gasteiger partial charge in [-0.2, -0.15) is 0 Å². The summed E-state index contributed by atoms with van der Waals surface area (Å²) >= 11 is 0. The van der Waals surface area contributed by atoms with Crippen LogP contribution in [0, 0.1) is 12.8 Å². The highest BCUT2D eigenvalue weighted by Gasteiger charge is 2.25. The number of carbonyl (C=O) groups is 1. The van der Waals surface area contributed by atoms with E-state index in [0.29, 0.717) is 0 Å². The van der Waals surface area contributed by atoms with Gasteiger partial charge in [0.1, 0.15) is 0 Å². The Hall–Kier alpha value is -2.37. The van der Waals surface area contributed by atoms with E-state index in [0.717, 1.165) is 64.5 Å². The molecule has 29 heavy (non-hydrogen) atoms. The third kappa shape index (κ3) is 5.17. The van der Waals surface area contributed by atoms with Crippen molar-refractivity contribution >= 4 is 17.3 Å². The summed E-state index contributed by atoms with van der Waals surface area (Å²) in [5.74, 6) is 0.252. The highest BCUT2D eigenvalue weighted by atomic mass is 16.5. The monoisotopic (exact) mass is 393 g/mol. The van der Waals surface area contributed by atoms with Crippen LogP contribution >= 0.6 is 0 Å². The number of likely N-dealkylation sites (tertiary alicyclic amines) is 1. The first-order chi connectivity index (χ1) is 14.2. The van der Waals surface area contributed by atoms with Gasteiger partial charge in [-0.1, -0.05) is 24.3 Å². The van der Waals surface area contributed by atoms with Crippen molar-refractivity contribution in [1.29, 1.82) is 0 Å². The Kier molecular flexibility index (Phi) is 6.47. The van der Waals surface area contributed by atoms with Gasteiger partial charge in [-0.15, -0.1) is 0 Å². The molecule has 0 aromatic heterocycles. The molecule has 0 unspecified atom stereocenters. The zero-order valence-electron chi connectivity index (χ0n) is 17.3. The summed E-state index contributed by atoms with van der Waals surface area (Å²) in [7, 11) is 0. The lowest BCUT2D eigenvalue weighted by atomic mass is 9.95. The van der Waals surface area contributed by atoms with Gasteiger partial charge in [-0.3, -0.25) is 9.69 Å². The molecule has 2 heterocycles. The molecule has 4 rings (SSSR count). The van der Waals surface area contributed by atoms with Crippen molar-refractivity contribution in [3.05, 3.63) is 59.7 Å². The highest BCUT2D eigenvalue weighted by molar-refractivity contribution is 5.92. The molecule has 1 amide bonds. The van der Waals surface area contributed by atoms with Gasteiger partial charge in [0.15, 0.2) is 0 Å². The lowest BCUT2D eigenvalue weighted by Crippen LogP contribution is -2.38. The zero-order chi connectivity index (χ0) is 20.1. The maximum absolute atomic E-state index is 12.7. The number of carbonyl (C=O) groups excluding carboxylic acids is 1. The number of nitrogens with zero attached hydrogens (tertiary/aromatic N) is 2. The molecule has 0 saturated carbocycles. The second-order valence-corrected chi connectivity index (χ2v) is 8.11. The van der Waals surface area contributed by atoms with Gasteiger partial charge < -0.3 is 15.0 Å². The third-order valence-electron chi connectivity index (χ3n) is 6.12. The fourth-order valence-electron chi connectivity index (χ4n) is 4.20. The summed E-state index contributed by atoms with van der Waals surface area (Å²) in [6.45, 7) is 8.50. The van der Waals surface area contributed by atoms with E-state index in [4.69, 9.17) is 4.74 Å². The summed E-state index contributed by atoms with van der Waals surface area (Å²) < 4.78 is 5.41. The number of nitrogens with one attached hydrogen (secondary N) is 1. The molecule has 2 aromatic carbocycles. The van der Waals surface area contributed by atoms with Crippen molar-refractivity contribution in [2.75, 3.05) is 49.6 Å². The normalized spacial score (nSPS) is 18.6. The smallest absolute Gasteiger partial charge is 0.227 e.